The van der Waals surface area contributed by atoms with Gasteiger partial charge in [-0.1, -0.05) is 26.8 Å². The number of esters is 1. The predicted octanol–water partition coefficient (Wildman–Crippen LogP) is 2.41. The molecule has 1 heterocycles. The first-order valence-corrected chi connectivity index (χ1v) is 10.1. The molecule has 3 aliphatic rings. The minimum absolute atomic E-state index is 0.0514. The number of aliphatic hydroxyl groups excluding tert-OH is 2. The molecule has 0 amide bonds. The van der Waals surface area contributed by atoms with Gasteiger partial charge in [0.05, 0.1) is 23.7 Å². The first-order valence-electron chi connectivity index (χ1n) is 10.1. The van der Waals surface area contributed by atoms with Gasteiger partial charge in [0.1, 0.15) is 11.4 Å². The maximum absolute atomic E-state index is 13.5. The summed E-state index contributed by atoms with van der Waals surface area (Å²) in [4.78, 5) is 25.4. The van der Waals surface area contributed by atoms with Crippen LogP contribution in [0.2, 0.25) is 0 Å². The third kappa shape index (κ3) is 2.79. The summed E-state index contributed by atoms with van der Waals surface area (Å²) in [5, 5.41) is 22.6. The molecule has 158 valence electrons. The molecule has 28 heavy (non-hydrogen) atoms. The zero-order chi connectivity index (χ0) is 21.3. The normalized spacial score (nSPS) is 50.3. The molecule has 0 spiro atoms. The largest absolute Gasteiger partial charge is 0.457 e. The Morgan fingerprint density at radius 2 is 1.86 bits per heavy atom. The Hall–Kier alpha value is -1.24. The number of fused-ring (bicyclic) bond motifs is 3. The molecule has 2 aliphatic carbocycles. The molecule has 1 saturated heterocycles. The van der Waals surface area contributed by atoms with Gasteiger partial charge in [-0.2, -0.15) is 0 Å². The average molecular weight is 395 g/mol. The summed E-state index contributed by atoms with van der Waals surface area (Å²) < 4.78 is 12.0. The number of ketones is 1. The van der Waals surface area contributed by atoms with E-state index in [0.717, 1.165) is 0 Å². The van der Waals surface area contributed by atoms with Crippen molar-refractivity contribution in [3.05, 3.63) is 12.7 Å². The van der Waals surface area contributed by atoms with Gasteiger partial charge in [0, 0.05) is 24.7 Å². The second-order valence-corrected chi connectivity index (χ2v) is 10.3. The van der Waals surface area contributed by atoms with Crippen molar-refractivity contribution in [2.75, 3.05) is 0 Å². The number of Topliss-reactive ketones (excluding diaryl/α,β-unsaturated/α-hetero) is 1. The highest BCUT2D eigenvalue weighted by molar-refractivity contribution is 5.86. The zero-order valence-corrected chi connectivity index (χ0v) is 17.8. The van der Waals surface area contributed by atoms with E-state index in [-0.39, 0.29) is 17.6 Å². The van der Waals surface area contributed by atoms with Gasteiger partial charge in [0.15, 0.2) is 6.10 Å². The van der Waals surface area contributed by atoms with Crippen LogP contribution in [0, 0.1) is 22.7 Å². The molecule has 8 atom stereocenters. The lowest BCUT2D eigenvalue weighted by Crippen LogP contribution is -2.77. The van der Waals surface area contributed by atoms with Crippen molar-refractivity contribution in [1.29, 1.82) is 0 Å². The van der Waals surface area contributed by atoms with Crippen molar-refractivity contribution in [2.45, 2.75) is 90.3 Å². The minimum Gasteiger partial charge on any atom is -0.457 e. The number of hydrogen-bond acceptors (Lipinski definition) is 6. The first-order chi connectivity index (χ1) is 12.7. The highest BCUT2D eigenvalue weighted by Crippen LogP contribution is 2.65. The van der Waals surface area contributed by atoms with Crippen LogP contribution in [0.5, 0.6) is 0 Å². The number of ether oxygens (including phenoxy) is 2. The number of carbonyl (C=O) groups is 2. The van der Waals surface area contributed by atoms with E-state index in [4.69, 9.17) is 9.47 Å². The van der Waals surface area contributed by atoms with Crippen molar-refractivity contribution in [3.8, 4) is 0 Å². The highest BCUT2D eigenvalue weighted by atomic mass is 16.6. The fourth-order valence-electron chi connectivity index (χ4n) is 6.77. The molecule has 0 radical (unpaired) electrons. The van der Waals surface area contributed by atoms with Crippen LogP contribution in [0.15, 0.2) is 12.7 Å². The second-order valence-electron chi connectivity index (χ2n) is 10.3. The molecule has 6 nitrogen and oxygen atoms in total. The number of rotatable bonds is 2. The van der Waals surface area contributed by atoms with Crippen molar-refractivity contribution in [2.24, 2.45) is 22.7 Å². The van der Waals surface area contributed by atoms with Gasteiger partial charge < -0.3 is 19.7 Å². The van der Waals surface area contributed by atoms with Crippen molar-refractivity contribution < 1.29 is 29.3 Å². The van der Waals surface area contributed by atoms with Gasteiger partial charge >= 0.3 is 5.97 Å². The van der Waals surface area contributed by atoms with Crippen LogP contribution in [0.3, 0.4) is 0 Å². The molecule has 0 bridgehead atoms. The van der Waals surface area contributed by atoms with Crippen LogP contribution in [-0.4, -0.2) is 51.5 Å². The number of hydrogen-bond donors (Lipinski definition) is 2. The highest BCUT2D eigenvalue weighted by Gasteiger charge is 2.73. The Morgan fingerprint density at radius 1 is 1.25 bits per heavy atom. The Kier molecular flexibility index (Phi) is 4.89. The Bertz CT molecular complexity index is 701. The van der Waals surface area contributed by atoms with Crippen LogP contribution in [0.25, 0.3) is 0 Å². The molecule has 2 saturated carbocycles. The SMILES string of the molecule is C=CC1(C)CC(=O)C2C(C)(O1)C(OC(C)=O)C(O)[C@H]1C(C)(C)CC[C@H](O)[C@@]21C. The third-order valence-corrected chi connectivity index (χ3v) is 7.73. The van der Waals surface area contributed by atoms with E-state index in [0.29, 0.717) is 12.8 Å². The molecule has 0 aromatic rings. The van der Waals surface area contributed by atoms with Crippen LogP contribution in [0.4, 0.5) is 0 Å². The third-order valence-electron chi connectivity index (χ3n) is 7.73. The summed E-state index contributed by atoms with van der Waals surface area (Å²) >= 11 is 0. The molecule has 0 aromatic heterocycles. The monoisotopic (exact) mass is 394 g/mol. The van der Waals surface area contributed by atoms with Crippen molar-refractivity contribution in [3.63, 3.8) is 0 Å². The molecule has 1 aliphatic heterocycles. The van der Waals surface area contributed by atoms with E-state index in [2.05, 4.69) is 6.58 Å². The smallest absolute Gasteiger partial charge is 0.303 e. The fourth-order valence-corrected chi connectivity index (χ4v) is 6.77. The maximum atomic E-state index is 13.5. The van der Waals surface area contributed by atoms with E-state index >= 15 is 0 Å². The van der Waals surface area contributed by atoms with E-state index in [9.17, 15) is 19.8 Å². The number of aliphatic hydroxyl groups is 2. The van der Waals surface area contributed by atoms with Crippen molar-refractivity contribution >= 4 is 11.8 Å². The van der Waals surface area contributed by atoms with Gasteiger partial charge in [-0.3, -0.25) is 9.59 Å². The lowest BCUT2D eigenvalue weighted by molar-refractivity contribution is -0.321. The van der Waals surface area contributed by atoms with Crippen LogP contribution in [0.1, 0.15) is 60.8 Å². The molecule has 5 unspecified atom stereocenters. The summed E-state index contributed by atoms with van der Waals surface area (Å²) in [5.41, 5.74) is -3.44. The van der Waals surface area contributed by atoms with Gasteiger partial charge in [-0.05, 0) is 32.1 Å². The summed E-state index contributed by atoms with van der Waals surface area (Å²) in [5.74, 6) is -1.72. The molecule has 0 aromatic carbocycles. The summed E-state index contributed by atoms with van der Waals surface area (Å²) in [6.45, 7) is 14.6. The van der Waals surface area contributed by atoms with Gasteiger partial charge in [0.2, 0.25) is 0 Å². The van der Waals surface area contributed by atoms with Crippen LogP contribution >= 0.6 is 0 Å². The van der Waals surface area contributed by atoms with Crippen LogP contribution < -0.4 is 0 Å². The number of carbonyl (C=O) groups excluding carboxylic acids is 2. The second kappa shape index (κ2) is 6.38. The zero-order valence-electron chi connectivity index (χ0n) is 17.8. The molecular formula is C22H34O6. The average Bonchev–Trinajstić information content (AvgIpc) is 2.54. The fraction of sp³-hybridized carbons (Fsp3) is 0.818. The Balaban J connectivity index is 2.24. The molecule has 2 N–H and O–H groups in total. The Morgan fingerprint density at radius 3 is 2.39 bits per heavy atom. The molecular weight excluding hydrogens is 360 g/mol. The summed E-state index contributed by atoms with van der Waals surface area (Å²) in [6.07, 6.45) is 0.128. The molecule has 3 rings (SSSR count). The predicted molar refractivity (Wildman–Crippen MR) is 103 cm³/mol. The summed E-state index contributed by atoms with van der Waals surface area (Å²) in [7, 11) is 0. The molecule has 6 heteroatoms. The van der Waals surface area contributed by atoms with E-state index in [1.807, 2.05) is 20.8 Å². The van der Waals surface area contributed by atoms with E-state index < -0.39 is 52.7 Å². The minimum atomic E-state index is -1.27. The topological polar surface area (TPSA) is 93.1 Å². The maximum Gasteiger partial charge on any atom is 0.303 e. The van der Waals surface area contributed by atoms with E-state index in [1.165, 1.54) is 6.92 Å². The lowest BCUT2D eigenvalue weighted by Gasteiger charge is -2.68. The lowest BCUT2D eigenvalue weighted by atomic mass is 9.41. The van der Waals surface area contributed by atoms with Gasteiger partial charge in [0.25, 0.3) is 0 Å². The van der Waals surface area contributed by atoms with Crippen molar-refractivity contribution in [1.82, 2.24) is 0 Å². The van der Waals surface area contributed by atoms with Crippen LogP contribution in [-0.2, 0) is 19.1 Å². The van der Waals surface area contributed by atoms with Gasteiger partial charge in [-0.15, -0.1) is 6.58 Å². The Labute approximate surface area is 167 Å². The first kappa shape index (κ1) is 21.5. The van der Waals surface area contributed by atoms with Gasteiger partial charge in [-0.25, -0.2) is 0 Å². The van der Waals surface area contributed by atoms with E-state index in [1.54, 1.807) is 19.9 Å². The summed E-state index contributed by atoms with van der Waals surface area (Å²) in [6, 6.07) is 0. The quantitative estimate of drug-likeness (QED) is 0.552. The molecule has 3 fully saturated rings. The standard InChI is InChI=1S/C22H34O6/c1-8-20(5)11-13(24)16-21(6)14(25)9-10-19(3,4)17(21)15(26)18(27-12(2)23)22(16,7)28-20/h8,14-18,25-26H,1,9-11H2,2-7H3/t14-,15?,16?,17-,18?,20?,21-,22?/m0/s1.